The van der Waals surface area contributed by atoms with Crippen molar-refractivity contribution in [2.24, 2.45) is 5.92 Å². The van der Waals surface area contributed by atoms with Crippen LogP contribution in [0.4, 0.5) is 0 Å². The van der Waals surface area contributed by atoms with E-state index in [1.54, 1.807) is 14.0 Å². The summed E-state index contributed by atoms with van der Waals surface area (Å²) in [5.74, 6) is 5.67. The first kappa shape index (κ1) is 28.2. The van der Waals surface area contributed by atoms with Gasteiger partial charge in [0, 0.05) is 25.3 Å². The molecule has 3 aromatic rings. The van der Waals surface area contributed by atoms with E-state index >= 15 is 0 Å². The molecule has 2 amide bonds. The minimum absolute atomic E-state index is 0.0176. The summed E-state index contributed by atoms with van der Waals surface area (Å²) in [6.07, 6.45) is 3.11. The summed E-state index contributed by atoms with van der Waals surface area (Å²) in [5, 5.41) is 18.5. The Kier molecular flexibility index (Phi) is 9.12. The van der Waals surface area contributed by atoms with Crippen LogP contribution in [-0.2, 0) is 14.3 Å². The number of nitrogens with one attached hydrogen (secondary N) is 2. The van der Waals surface area contributed by atoms with Crippen molar-refractivity contribution in [3.63, 3.8) is 0 Å². The van der Waals surface area contributed by atoms with Crippen molar-refractivity contribution in [3.05, 3.63) is 52.3 Å². The van der Waals surface area contributed by atoms with Crippen molar-refractivity contribution < 1.29 is 19.4 Å². The fourth-order valence-corrected chi connectivity index (χ4v) is 6.71. The standard InChI is InChI=1S/C31H36N4O4S/c1-20(32-2)29(37)33-27(22-14-18-39-19-15-22)31(38)35-16-6-12-25(35)30-34-28(26(40-30)13-7-17-36)24-11-5-9-21-8-3-4-10-23(21)24/h3-5,8-11,20,22,25,27,32,36H,6,12,14-19H2,1-2H3,(H,33,37)/t20-,25-,27-/m0/s1. The van der Waals surface area contributed by atoms with Gasteiger partial charge in [0.05, 0.1) is 17.8 Å². The Bertz CT molecular complexity index is 1420. The Morgan fingerprint density at radius 2 is 1.95 bits per heavy atom. The summed E-state index contributed by atoms with van der Waals surface area (Å²) in [5.41, 5.74) is 1.75. The van der Waals surface area contributed by atoms with E-state index in [9.17, 15) is 14.7 Å². The highest BCUT2D eigenvalue weighted by atomic mass is 32.1. The normalized spacial score (nSPS) is 19.2. The third kappa shape index (κ3) is 5.91. The van der Waals surface area contributed by atoms with Crippen molar-refractivity contribution in [2.75, 3.05) is 33.4 Å². The van der Waals surface area contributed by atoms with Gasteiger partial charge in [-0.25, -0.2) is 4.98 Å². The minimum Gasteiger partial charge on any atom is -0.384 e. The highest BCUT2D eigenvalue weighted by molar-refractivity contribution is 7.12. The first-order valence-electron chi connectivity index (χ1n) is 14.0. The summed E-state index contributed by atoms with van der Waals surface area (Å²) >= 11 is 1.48. The Morgan fingerprint density at radius 1 is 1.18 bits per heavy atom. The molecule has 2 aromatic carbocycles. The van der Waals surface area contributed by atoms with Crippen LogP contribution in [0, 0.1) is 17.8 Å². The number of likely N-dealkylation sites (N-methyl/N-ethyl adjacent to an activating group) is 1. The number of thiazole rings is 1. The van der Waals surface area contributed by atoms with Gasteiger partial charge in [0.1, 0.15) is 22.5 Å². The maximum atomic E-state index is 14.1. The molecule has 0 aliphatic carbocycles. The molecule has 2 saturated heterocycles. The van der Waals surface area contributed by atoms with E-state index in [0.29, 0.717) is 19.8 Å². The van der Waals surface area contributed by atoms with Gasteiger partial charge in [0.25, 0.3) is 0 Å². The number of aromatic nitrogens is 1. The minimum atomic E-state index is -0.612. The number of carbonyl (C=O) groups is 2. The lowest BCUT2D eigenvalue weighted by Crippen LogP contribution is -2.56. The number of benzene rings is 2. The van der Waals surface area contributed by atoms with E-state index in [1.165, 1.54) is 11.3 Å². The van der Waals surface area contributed by atoms with Crippen molar-refractivity contribution in [2.45, 2.75) is 50.7 Å². The molecule has 0 radical (unpaired) electrons. The molecule has 9 heteroatoms. The average Bonchev–Trinajstić information content (AvgIpc) is 3.65. The molecule has 1 aromatic heterocycles. The van der Waals surface area contributed by atoms with Gasteiger partial charge >= 0.3 is 0 Å². The van der Waals surface area contributed by atoms with Crippen LogP contribution in [0.3, 0.4) is 0 Å². The summed E-state index contributed by atoms with van der Waals surface area (Å²) in [7, 11) is 1.74. The first-order valence-corrected chi connectivity index (χ1v) is 14.8. The maximum absolute atomic E-state index is 14.1. The van der Waals surface area contributed by atoms with Crippen LogP contribution in [0.15, 0.2) is 42.5 Å². The molecule has 3 heterocycles. The Balaban J connectivity index is 1.49. The Morgan fingerprint density at radius 3 is 2.73 bits per heavy atom. The van der Waals surface area contributed by atoms with E-state index in [-0.39, 0.29) is 30.4 Å². The lowest BCUT2D eigenvalue weighted by molar-refractivity contribution is -0.140. The zero-order valence-electron chi connectivity index (χ0n) is 23.0. The van der Waals surface area contributed by atoms with E-state index in [4.69, 9.17) is 9.72 Å². The van der Waals surface area contributed by atoms with Gasteiger partial charge in [0.2, 0.25) is 11.8 Å². The fourth-order valence-electron chi connectivity index (χ4n) is 5.60. The van der Waals surface area contributed by atoms with Gasteiger partial charge in [-0.2, -0.15) is 0 Å². The molecular weight excluding hydrogens is 524 g/mol. The molecule has 0 saturated carbocycles. The predicted octanol–water partition coefficient (Wildman–Crippen LogP) is 3.49. The second kappa shape index (κ2) is 12.9. The molecule has 2 aliphatic heterocycles. The second-order valence-electron chi connectivity index (χ2n) is 10.4. The number of nitrogens with zero attached hydrogens (tertiary/aromatic N) is 2. The van der Waals surface area contributed by atoms with Gasteiger partial charge in [-0.05, 0) is 56.3 Å². The van der Waals surface area contributed by atoms with E-state index in [0.717, 1.165) is 57.6 Å². The quantitative estimate of drug-likeness (QED) is 0.383. The van der Waals surface area contributed by atoms with Crippen molar-refractivity contribution in [3.8, 4) is 23.1 Å². The van der Waals surface area contributed by atoms with Gasteiger partial charge < -0.3 is 25.4 Å². The van der Waals surface area contributed by atoms with Crippen LogP contribution >= 0.6 is 11.3 Å². The number of aliphatic hydroxyl groups is 1. The van der Waals surface area contributed by atoms with Crippen molar-refractivity contribution >= 4 is 33.9 Å². The van der Waals surface area contributed by atoms with E-state index in [2.05, 4.69) is 40.7 Å². The Hall–Kier alpha value is -3.29. The van der Waals surface area contributed by atoms with Crippen LogP contribution in [0.5, 0.6) is 0 Å². The molecule has 5 rings (SSSR count). The molecule has 3 atom stereocenters. The molecule has 0 bridgehead atoms. The number of amides is 2. The molecular formula is C31H36N4O4S. The molecule has 0 spiro atoms. The van der Waals surface area contributed by atoms with Crippen LogP contribution < -0.4 is 10.6 Å². The van der Waals surface area contributed by atoms with Gasteiger partial charge in [-0.15, -0.1) is 11.3 Å². The molecule has 210 valence electrons. The number of hydrogen-bond acceptors (Lipinski definition) is 7. The summed E-state index contributed by atoms with van der Waals surface area (Å²) in [4.78, 5) is 34.8. The number of ether oxygens (including phenoxy) is 1. The smallest absolute Gasteiger partial charge is 0.246 e. The van der Waals surface area contributed by atoms with Gasteiger partial charge in [-0.3, -0.25) is 9.59 Å². The van der Waals surface area contributed by atoms with Gasteiger partial charge in [0.15, 0.2) is 0 Å². The third-order valence-corrected chi connectivity index (χ3v) is 8.99. The third-order valence-electron chi connectivity index (χ3n) is 7.92. The highest BCUT2D eigenvalue weighted by Gasteiger charge is 2.40. The Labute approximate surface area is 239 Å². The van der Waals surface area contributed by atoms with Crippen LogP contribution in [0.25, 0.3) is 22.0 Å². The lowest BCUT2D eigenvalue weighted by Gasteiger charge is -2.35. The number of hydrogen-bond donors (Lipinski definition) is 3. The maximum Gasteiger partial charge on any atom is 0.246 e. The molecule has 3 N–H and O–H groups in total. The number of likely N-dealkylation sites (tertiary alicyclic amines) is 1. The SMILES string of the molecule is CN[C@@H](C)C(=O)N[C@H](C(=O)N1CCC[C@H]1c1nc(-c2cccc3ccccc23)c(C#CCO)s1)C1CCOCC1. The largest absolute Gasteiger partial charge is 0.384 e. The number of carbonyl (C=O) groups excluding carboxylic acids is 2. The number of rotatable bonds is 7. The highest BCUT2D eigenvalue weighted by Crippen LogP contribution is 2.40. The zero-order chi connectivity index (χ0) is 28.1. The summed E-state index contributed by atoms with van der Waals surface area (Å²) in [6.45, 7) is 3.33. The molecule has 0 unspecified atom stereocenters. The first-order chi connectivity index (χ1) is 19.5. The molecule has 2 fully saturated rings. The van der Waals surface area contributed by atoms with Gasteiger partial charge in [-0.1, -0.05) is 54.3 Å². The molecule has 8 nitrogen and oxygen atoms in total. The second-order valence-corrected chi connectivity index (χ2v) is 11.4. The fraction of sp³-hybridized carbons (Fsp3) is 0.452. The molecule has 40 heavy (non-hydrogen) atoms. The number of aliphatic hydroxyl groups excluding tert-OH is 1. The summed E-state index contributed by atoms with van der Waals surface area (Å²) in [6, 6.07) is 13.1. The number of fused-ring (bicyclic) bond motifs is 1. The van der Waals surface area contributed by atoms with E-state index in [1.807, 2.05) is 29.2 Å². The topological polar surface area (TPSA) is 104 Å². The van der Waals surface area contributed by atoms with Crippen LogP contribution in [0.1, 0.15) is 48.5 Å². The molecule has 2 aliphatic rings. The van der Waals surface area contributed by atoms with E-state index < -0.39 is 12.1 Å². The monoisotopic (exact) mass is 560 g/mol. The lowest BCUT2D eigenvalue weighted by atomic mass is 9.90. The van der Waals surface area contributed by atoms with Crippen molar-refractivity contribution in [1.29, 1.82) is 0 Å². The van der Waals surface area contributed by atoms with Crippen LogP contribution in [-0.4, -0.2) is 72.3 Å². The summed E-state index contributed by atoms with van der Waals surface area (Å²) < 4.78 is 5.55. The predicted molar refractivity (Wildman–Crippen MR) is 157 cm³/mol. The zero-order valence-corrected chi connectivity index (χ0v) is 23.8. The van der Waals surface area contributed by atoms with Crippen molar-refractivity contribution in [1.82, 2.24) is 20.5 Å². The van der Waals surface area contributed by atoms with Crippen LogP contribution in [0.2, 0.25) is 0 Å². The average molecular weight is 561 g/mol.